The minimum atomic E-state index is -4.29. The number of hydrogen-bond donors (Lipinski definition) is 2. The van der Waals surface area contributed by atoms with E-state index in [2.05, 4.69) is 15.3 Å². The zero-order valence-electron chi connectivity index (χ0n) is 13.9. The highest BCUT2D eigenvalue weighted by Gasteiger charge is 2.48. The lowest BCUT2D eigenvalue weighted by atomic mass is 9.74. The van der Waals surface area contributed by atoms with Gasteiger partial charge in [0.15, 0.2) is 0 Å². The van der Waals surface area contributed by atoms with Crippen molar-refractivity contribution >= 4 is 0 Å². The summed E-state index contributed by atoms with van der Waals surface area (Å²) in [6.45, 7) is 2.33. The van der Waals surface area contributed by atoms with Gasteiger partial charge in [-0.2, -0.15) is 13.2 Å². The Labute approximate surface area is 139 Å². The third-order valence-corrected chi connectivity index (χ3v) is 4.98. The maximum atomic E-state index is 13.8. The third-order valence-electron chi connectivity index (χ3n) is 4.98. The van der Waals surface area contributed by atoms with Crippen molar-refractivity contribution in [2.75, 3.05) is 7.05 Å². The van der Waals surface area contributed by atoms with Gasteiger partial charge in [-0.05, 0) is 55.8 Å². The van der Waals surface area contributed by atoms with Gasteiger partial charge in [0, 0.05) is 12.2 Å². The van der Waals surface area contributed by atoms with Crippen molar-refractivity contribution in [1.82, 2.24) is 15.3 Å². The molecule has 0 amide bonds. The van der Waals surface area contributed by atoms with Gasteiger partial charge in [0.05, 0.1) is 12.0 Å². The normalized spacial score (nSPS) is 19.1. The topological polar surface area (TPSA) is 40.7 Å². The smallest absolute Gasteiger partial charge is 0.348 e. The van der Waals surface area contributed by atoms with Gasteiger partial charge in [0.2, 0.25) is 0 Å². The molecule has 1 aromatic heterocycles. The van der Waals surface area contributed by atoms with Crippen LogP contribution in [0, 0.1) is 12.8 Å². The average Bonchev–Trinajstić information content (AvgIpc) is 2.93. The molecular formula is C18H22F3N3. The number of benzene rings is 1. The Morgan fingerprint density at radius 2 is 2.17 bits per heavy atom. The Bertz CT molecular complexity index is 706. The lowest BCUT2D eigenvalue weighted by molar-refractivity contribution is -0.164. The Morgan fingerprint density at radius 3 is 2.79 bits per heavy atom. The van der Waals surface area contributed by atoms with Gasteiger partial charge in [0.25, 0.3) is 0 Å². The Balaban J connectivity index is 1.96. The molecule has 2 unspecified atom stereocenters. The first-order valence-corrected chi connectivity index (χ1v) is 8.22. The first-order chi connectivity index (χ1) is 11.4. The van der Waals surface area contributed by atoms with E-state index >= 15 is 0 Å². The van der Waals surface area contributed by atoms with Crippen LogP contribution in [-0.4, -0.2) is 23.2 Å². The summed E-state index contributed by atoms with van der Waals surface area (Å²) in [7, 11) is 1.85. The molecule has 2 N–H and O–H groups in total. The molecule has 0 saturated heterocycles. The molecule has 0 saturated carbocycles. The van der Waals surface area contributed by atoms with E-state index in [-0.39, 0.29) is 5.69 Å². The maximum absolute atomic E-state index is 13.8. The zero-order chi connectivity index (χ0) is 17.3. The average molecular weight is 337 g/mol. The molecule has 2 atom stereocenters. The molecule has 3 rings (SSSR count). The van der Waals surface area contributed by atoms with Crippen LogP contribution in [0.1, 0.15) is 40.4 Å². The Morgan fingerprint density at radius 1 is 1.38 bits per heavy atom. The summed E-state index contributed by atoms with van der Waals surface area (Å²) in [5.74, 6) is -1.99. The van der Waals surface area contributed by atoms with E-state index in [1.165, 1.54) is 11.9 Å². The molecule has 0 aliphatic heterocycles. The van der Waals surface area contributed by atoms with E-state index in [0.717, 1.165) is 11.1 Å². The summed E-state index contributed by atoms with van der Waals surface area (Å²) >= 11 is 0. The number of aromatic amines is 1. The van der Waals surface area contributed by atoms with Gasteiger partial charge in [-0.25, -0.2) is 4.98 Å². The van der Waals surface area contributed by atoms with E-state index in [9.17, 15) is 13.2 Å². The predicted octanol–water partition coefficient (Wildman–Crippen LogP) is 3.89. The molecule has 6 heteroatoms. The number of fused-ring (bicyclic) bond motifs is 1. The van der Waals surface area contributed by atoms with Crippen molar-refractivity contribution in [3.05, 3.63) is 52.6 Å². The van der Waals surface area contributed by atoms with Crippen molar-refractivity contribution in [3.8, 4) is 0 Å². The summed E-state index contributed by atoms with van der Waals surface area (Å²) < 4.78 is 41.4. The molecular weight excluding hydrogens is 315 g/mol. The molecule has 1 aliphatic rings. The van der Waals surface area contributed by atoms with E-state index in [0.29, 0.717) is 31.5 Å². The second-order valence-corrected chi connectivity index (χ2v) is 6.52. The van der Waals surface area contributed by atoms with Gasteiger partial charge < -0.3 is 10.3 Å². The Hall–Kier alpha value is -1.82. The number of rotatable bonds is 4. The minimum Gasteiger partial charge on any atom is -0.348 e. The highest BCUT2D eigenvalue weighted by Crippen LogP contribution is 2.45. The second-order valence-electron chi connectivity index (χ2n) is 6.52. The van der Waals surface area contributed by atoms with Crippen LogP contribution >= 0.6 is 0 Å². The lowest BCUT2D eigenvalue weighted by Crippen LogP contribution is -2.33. The molecule has 0 spiro atoms. The standard InChI is InChI=1S/C18H22F3N3/c1-11-17(24-10-23-11)16(18(19,20)21)13-7-6-12-4-3-5-14(9-22-2)15(12)8-13/h3-5,10,13,16,22H,6-9H2,1-2H3,(H,23,24). The Kier molecular flexibility index (Phi) is 4.67. The van der Waals surface area contributed by atoms with Crippen LogP contribution in [-0.2, 0) is 19.4 Å². The number of halogens is 3. The predicted molar refractivity (Wildman–Crippen MR) is 86.8 cm³/mol. The number of H-pyrrole nitrogens is 1. The monoisotopic (exact) mass is 337 g/mol. The van der Waals surface area contributed by atoms with E-state index in [4.69, 9.17) is 0 Å². The molecule has 0 bridgehead atoms. The SMILES string of the molecule is CNCc1cccc2c1CC(C(c1nc[nH]c1C)C(F)(F)F)CC2. The third kappa shape index (κ3) is 3.20. The van der Waals surface area contributed by atoms with Gasteiger partial charge in [-0.15, -0.1) is 0 Å². The number of aromatic nitrogens is 2. The zero-order valence-corrected chi connectivity index (χ0v) is 13.9. The van der Waals surface area contributed by atoms with Crippen LogP contribution in [0.15, 0.2) is 24.5 Å². The summed E-state index contributed by atoms with van der Waals surface area (Å²) in [6, 6.07) is 6.03. The van der Waals surface area contributed by atoms with Crippen LogP contribution in [0.2, 0.25) is 0 Å². The maximum Gasteiger partial charge on any atom is 0.397 e. The summed E-state index contributed by atoms with van der Waals surface area (Å²) in [4.78, 5) is 6.77. The summed E-state index contributed by atoms with van der Waals surface area (Å²) in [5.41, 5.74) is 4.00. The molecule has 1 aromatic carbocycles. The summed E-state index contributed by atoms with van der Waals surface area (Å²) in [5, 5.41) is 3.11. The fourth-order valence-corrected chi connectivity index (χ4v) is 3.86. The minimum absolute atomic E-state index is 0.141. The fraction of sp³-hybridized carbons (Fsp3) is 0.500. The first-order valence-electron chi connectivity index (χ1n) is 8.22. The van der Waals surface area contributed by atoms with Crippen molar-refractivity contribution in [2.45, 2.75) is 44.8 Å². The van der Waals surface area contributed by atoms with Gasteiger partial charge in [-0.1, -0.05) is 18.2 Å². The molecule has 1 aliphatic carbocycles. The van der Waals surface area contributed by atoms with Crippen LogP contribution < -0.4 is 5.32 Å². The van der Waals surface area contributed by atoms with Crippen LogP contribution in [0.4, 0.5) is 13.2 Å². The number of aryl methyl sites for hydroxylation is 2. The number of alkyl halides is 3. The molecule has 2 aromatic rings. The first kappa shape index (κ1) is 17.0. The van der Waals surface area contributed by atoms with Gasteiger partial charge in [0.1, 0.15) is 5.92 Å². The molecule has 3 nitrogen and oxygen atoms in total. The molecule has 1 heterocycles. The highest BCUT2D eigenvalue weighted by atomic mass is 19.4. The number of nitrogens with zero attached hydrogens (tertiary/aromatic N) is 1. The van der Waals surface area contributed by atoms with Crippen LogP contribution in [0.3, 0.4) is 0 Å². The van der Waals surface area contributed by atoms with E-state index in [1.807, 2.05) is 25.2 Å². The molecule has 0 radical (unpaired) electrons. The van der Waals surface area contributed by atoms with Crippen LogP contribution in [0.25, 0.3) is 0 Å². The van der Waals surface area contributed by atoms with E-state index < -0.39 is 18.0 Å². The van der Waals surface area contributed by atoms with Gasteiger partial charge >= 0.3 is 6.18 Å². The summed E-state index contributed by atoms with van der Waals surface area (Å²) in [6.07, 6.45) is -1.27. The largest absolute Gasteiger partial charge is 0.397 e. The number of imidazole rings is 1. The van der Waals surface area contributed by atoms with Crippen molar-refractivity contribution in [3.63, 3.8) is 0 Å². The molecule has 0 fully saturated rings. The lowest BCUT2D eigenvalue weighted by Gasteiger charge is -2.33. The fourth-order valence-electron chi connectivity index (χ4n) is 3.86. The number of nitrogens with one attached hydrogen (secondary N) is 2. The van der Waals surface area contributed by atoms with Gasteiger partial charge in [-0.3, -0.25) is 0 Å². The van der Waals surface area contributed by atoms with Crippen LogP contribution in [0.5, 0.6) is 0 Å². The van der Waals surface area contributed by atoms with Crippen molar-refractivity contribution in [1.29, 1.82) is 0 Å². The van der Waals surface area contributed by atoms with Crippen molar-refractivity contribution in [2.24, 2.45) is 5.92 Å². The number of hydrogen-bond acceptors (Lipinski definition) is 2. The second kappa shape index (κ2) is 6.59. The van der Waals surface area contributed by atoms with Crippen molar-refractivity contribution < 1.29 is 13.2 Å². The quantitative estimate of drug-likeness (QED) is 0.889. The molecule has 24 heavy (non-hydrogen) atoms. The highest BCUT2D eigenvalue weighted by molar-refractivity contribution is 5.38. The van der Waals surface area contributed by atoms with E-state index in [1.54, 1.807) is 6.92 Å². The molecule has 130 valence electrons.